The number of rotatable bonds is 7. The molecule has 30 heavy (non-hydrogen) atoms. The first-order valence-electron chi connectivity index (χ1n) is 8.39. The molecule has 0 saturated carbocycles. The second-order valence-electron chi connectivity index (χ2n) is 6.03. The molecular weight excluding hydrogens is 443 g/mol. The Morgan fingerprint density at radius 2 is 1.80 bits per heavy atom. The van der Waals surface area contributed by atoms with E-state index >= 15 is 0 Å². The standard InChI is InChI=1S/C18H15ClF3N5O2S/c1-23-30(28,29)27-18-17(22)10(4-5-25-18)6-11-8-24-9-15(16(11)21)26-14-3-2-12(19)7-13(14)20/h2-5,7-9,23,26H,6H2,1H3,(H,25,27). The van der Waals surface area contributed by atoms with Crippen molar-refractivity contribution in [1.82, 2.24) is 14.7 Å². The monoisotopic (exact) mass is 457 g/mol. The SMILES string of the molecule is CNS(=O)(=O)Nc1nccc(Cc2cncc(Nc3ccc(Cl)cc3F)c2F)c1F. The molecule has 0 bridgehead atoms. The lowest BCUT2D eigenvalue weighted by molar-refractivity contribution is 0.586. The van der Waals surface area contributed by atoms with Gasteiger partial charge >= 0.3 is 0 Å². The highest BCUT2D eigenvalue weighted by Gasteiger charge is 2.18. The second kappa shape index (κ2) is 8.86. The number of aromatic nitrogens is 2. The Kier molecular flexibility index (Phi) is 6.44. The minimum absolute atomic E-state index is 0.00175. The molecule has 0 saturated heterocycles. The molecule has 12 heteroatoms. The Bertz CT molecular complexity index is 1190. The number of anilines is 3. The van der Waals surface area contributed by atoms with E-state index in [0.29, 0.717) is 0 Å². The van der Waals surface area contributed by atoms with Crippen LogP contribution in [0.25, 0.3) is 0 Å². The predicted molar refractivity (Wildman–Crippen MR) is 107 cm³/mol. The van der Waals surface area contributed by atoms with Crippen LogP contribution in [0.5, 0.6) is 0 Å². The highest BCUT2D eigenvalue weighted by Crippen LogP contribution is 2.27. The van der Waals surface area contributed by atoms with Gasteiger partial charge in [-0.3, -0.25) is 9.71 Å². The molecule has 158 valence electrons. The van der Waals surface area contributed by atoms with E-state index in [9.17, 15) is 21.6 Å². The fourth-order valence-electron chi connectivity index (χ4n) is 2.51. The summed E-state index contributed by atoms with van der Waals surface area (Å²) in [6.45, 7) is 0. The summed E-state index contributed by atoms with van der Waals surface area (Å²) >= 11 is 5.70. The number of benzene rings is 1. The van der Waals surface area contributed by atoms with Crippen molar-refractivity contribution in [1.29, 1.82) is 0 Å². The van der Waals surface area contributed by atoms with E-state index in [1.54, 1.807) is 0 Å². The van der Waals surface area contributed by atoms with E-state index in [0.717, 1.165) is 19.3 Å². The summed E-state index contributed by atoms with van der Waals surface area (Å²) in [4.78, 5) is 7.55. The van der Waals surface area contributed by atoms with E-state index in [1.165, 1.54) is 30.6 Å². The summed E-state index contributed by atoms with van der Waals surface area (Å²) in [5.41, 5.74) is -0.161. The van der Waals surface area contributed by atoms with Crippen molar-refractivity contribution in [2.24, 2.45) is 0 Å². The van der Waals surface area contributed by atoms with Gasteiger partial charge in [-0.2, -0.15) is 8.42 Å². The van der Waals surface area contributed by atoms with Crippen LogP contribution >= 0.6 is 11.6 Å². The maximum atomic E-state index is 14.9. The zero-order valence-corrected chi connectivity index (χ0v) is 17.0. The van der Waals surface area contributed by atoms with E-state index in [-0.39, 0.29) is 33.9 Å². The second-order valence-corrected chi connectivity index (χ2v) is 8.08. The van der Waals surface area contributed by atoms with Gasteiger partial charge in [-0.1, -0.05) is 11.6 Å². The summed E-state index contributed by atoms with van der Waals surface area (Å²) in [7, 11) is -2.84. The quantitative estimate of drug-likeness (QED) is 0.502. The smallest absolute Gasteiger partial charge is 0.300 e. The maximum absolute atomic E-state index is 14.9. The predicted octanol–water partition coefficient (Wildman–Crippen LogP) is 3.76. The topological polar surface area (TPSA) is 96.0 Å². The molecule has 2 heterocycles. The Morgan fingerprint density at radius 1 is 1.03 bits per heavy atom. The van der Waals surface area contributed by atoms with E-state index in [2.05, 4.69) is 15.3 Å². The molecule has 0 radical (unpaired) electrons. The molecule has 3 rings (SSSR count). The summed E-state index contributed by atoms with van der Waals surface area (Å²) in [5.74, 6) is -2.95. The minimum atomic E-state index is -3.99. The maximum Gasteiger partial charge on any atom is 0.300 e. The Labute approximate surface area is 175 Å². The van der Waals surface area contributed by atoms with Crippen molar-refractivity contribution in [3.63, 3.8) is 0 Å². The van der Waals surface area contributed by atoms with Crippen molar-refractivity contribution in [2.75, 3.05) is 17.1 Å². The summed E-state index contributed by atoms with van der Waals surface area (Å²) in [6.07, 6.45) is 3.28. The van der Waals surface area contributed by atoms with Gasteiger partial charge in [-0.05, 0) is 29.8 Å². The number of halogens is 4. The lowest BCUT2D eigenvalue weighted by Crippen LogP contribution is -2.27. The molecule has 0 fully saturated rings. The molecule has 1 aromatic carbocycles. The van der Waals surface area contributed by atoms with E-state index in [1.807, 2.05) is 9.44 Å². The van der Waals surface area contributed by atoms with Crippen molar-refractivity contribution in [3.8, 4) is 0 Å². The lowest BCUT2D eigenvalue weighted by Gasteiger charge is -2.12. The van der Waals surface area contributed by atoms with Crippen LogP contribution in [0.1, 0.15) is 11.1 Å². The summed E-state index contributed by atoms with van der Waals surface area (Å²) < 4.78 is 70.6. The number of nitrogens with zero attached hydrogens (tertiary/aromatic N) is 2. The molecule has 0 atom stereocenters. The molecule has 0 aliphatic rings. The van der Waals surface area contributed by atoms with Crippen molar-refractivity contribution in [3.05, 3.63) is 76.5 Å². The van der Waals surface area contributed by atoms with Crippen LogP contribution in [0.2, 0.25) is 5.02 Å². The van der Waals surface area contributed by atoms with Gasteiger partial charge in [0.2, 0.25) is 0 Å². The average molecular weight is 458 g/mol. The third-order valence-electron chi connectivity index (χ3n) is 4.00. The van der Waals surface area contributed by atoms with Crippen LogP contribution in [-0.2, 0) is 16.6 Å². The zero-order chi connectivity index (χ0) is 21.9. The van der Waals surface area contributed by atoms with Gasteiger partial charge < -0.3 is 5.32 Å². The van der Waals surface area contributed by atoms with Gasteiger partial charge in [0.25, 0.3) is 10.2 Å². The highest BCUT2D eigenvalue weighted by molar-refractivity contribution is 7.90. The van der Waals surface area contributed by atoms with Crippen LogP contribution < -0.4 is 14.8 Å². The number of hydrogen-bond acceptors (Lipinski definition) is 5. The van der Waals surface area contributed by atoms with Crippen LogP contribution in [0.3, 0.4) is 0 Å². The molecule has 0 aliphatic carbocycles. The van der Waals surface area contributed by atoms with Gasteiger partial charge in [-0.25, -0.2) is 22.9 Å². The Balaban J connectivity index is 1.89. The van der Waals surface area contributed by atoms with E-state index in [4.69, 9.17) is 11.6 Å². The number of nitrogens with one attached hydrogen (secondary N) is 3. The normalized spacial score (nSPS) is 11.4. The number of hydrogen-bond donors (Lipinski definition) is 3. The van der Waals surface area contributed by atoms with E-state index < -0.39 is 33.5 Å². The first kappa shape index (κ1) is 21.8. The Morgan fingerprint density at radius 3 is 2.50 bits per heavy atom. The van der Waals surface area contributed by atoms with Crippen molar-refractivity contribution >= 4 is 39.0 Å². The molecule has 2 aromatic heterocycles. The Hall–Kier alpha value is -2.89. The average Bonchev–Trinajstić information content (AvgIpc) is 2.69. The molecule has 3 aromatic rings. The zero-order valence-electron chi connectivity index (χ0n) is 15.4. The summed E-state index contributed by atoms with van der Waals surface area (Å²) in [6, 6.07) is 5.12. The molecule has 3 N–H and O–H groups in total. The third kappa shape index (κ3) is 4.99. The number of pyridine rings is 2. The lowest BCUT2D eigenvalue weighted by atomic mass is 10.1. The van der Waals surface area contributed by atoms with Gasteiger partial charge in [0.05, 0.1) is 17.6 Å². The fraction of sp³-hybridized carbons (Fsp3) is 0.111. The van der Waals surface area contributed by atoms with Gasteiger partial charge in [-0.15, -0.1) is 0 Å². The van der Waals surface area contributed by atoms with Crippen LogP contribution in [0.15, 0.2) is 42.9 Å². The van der Waals surface area contributed by atoms with Gasteiger partial charge in [0.15, 0.2) is 17.5 Å². The molecule has 0 spiro atoms. The first-order chi connectivity index (χ1) is 14.2. The minimum Gasteiger partial charge on any atom is -0.349 e. The molecule has 0 amide bonds. The van der Waals surface area contributed by atoms with Crippen molar-refractivity contribution < 1.29 is 21.6 Å². The molecule has 7 nitrogen and oxygen atoms in total. The molecule has 0 aliphatic heterocycles. The molecule has 0 unspecified atom stereocenters. The van der Waals surface area contributed by atoms with Gasteiger partial charge in [0, 0.05) is 36.4 Å². The van der Waals surface area contributed by atoms with Crippen LogP contribution in [-0.4, -0.2) is 25.4 Å². The largest absolute Gasteiger partial charge is 0.349 e. The van der Waals surface area contributed by atoms with Gasteiger partial charge in [0.1, 0.15) is 5.82 Å². The van der Waals surface area contributed by atoms with Crippen LogP contribution in [0, 0.1) is 17.5 Å². The first-order valence-corrected chi connectivity index (χ1v) is 10.3. The summed E-state index contributed by atoms with van der Waals surface area (Å²) in [5, 5.41) is 2.76. The van der Waals surface area contributed by atoms with Crippen molar-refractivity contribution in [2.45, 2.75) is 6.42 Å². The third-order valence-corrected chi connectivity index (χ3v) is 5.24. The fourth-order valence-corrected chi connectivity index (χ4v) is 3.17. The van der Waals surface area contributed by atoms with Crippen LogP contribution in [0.4, 0.5) is 30.4 Å². The molecular formula is C18H15ClF3N5O2S. The highest BCUT2D eigenvalue weighted by atomic mass is 35.5.